The van der Waals surface area contributed by atoms with E-state index in [2.05, 4.69) is 15.3 Å². The van der Waals surface area contributed by atoms with E-state index in [-0.39, 0.29) is 6.61 Å². The number of nitrogens with zero attached hydrogens (tertiary/aromatic N) is 1. The summed E-state index contributed by atoms with van der Waals surface area (Å²) in [5, 5.41) is 3.42. The molecule has 6 nitrogen and oxygen atoms in total. The van der Waals surface area contributed by atoms with Crippen molar-refractivity contribution in [1.82, 2.24) is 15.3 Å². The minimum absolute atomic E-state index is 0.235. The van der Waals surface area contributed by atoms with Gasteiger partial charge in [0.05, 0.1) is 0 Å². The van der Waals surface area contributed by atoms with Gasteiger partial charge >= 0.3 is 6.09 Å². The van der Waals surface area contributed by atoms with E-state index >= 15 is 0 Å². The van der Waals surface area contributed by atoms with Crippen LogP contribution in [0.5, 0.6) is 0 Å². The van der Waals surface area contributed by atoms with Gasteiger partial charge in [-0.1, -0.05) is 42.5 Å². The molecule has 0 unspecified atom stereocenters. The number of pyridine rings is 1. The van der Waals surface area contributed by atoms with E-state index in [9.17, 15) is 9.59 Å². The van der Waals surface area contributed by atoms with Gasteiger partial charge in [-0.15, -0.1) is 0 Å². The zero-order chi connectivity index (χ0) is 17.5. The summed E-state index contributed by atoms with van der Waals surface area (Å²) in [6, 6.07) is 11.4. The third-order valence-corrected chi connectivity index (χ3v) is 3.60. The van der Waals surface area contributed by atoms with Crippen LogP contribution in [-0.2, 0) is 11.3 Å². The smallest absolute Gasteiger partial charge is 0.407 e. The number of carbonyl (C=O) groups is 2. The number of benzene rings is 1. The van der Waals surface area contributed by atoms with Gasteiger partial charge in [0.2, 0.25) is 0 Å². The number of amides is 1. The molecule has 0 aliphatic carbocycles. The van der Waals surface area contributed by atoms with E-state index < -0.39 is 6.09 Å². The maximum Gasteiger partial charge on any atom is 0.407 e. The molecule has 126 valence electrons. The highest BCUT2D eigenvalue weighted by Gasteiger charge is 2.04. The van der Waals surface area contributed by atoms with Crippen LogP contribution in [0.1, 0.15) is 21.5 Å². The molecule has 0 spiro atoms. The van der Waals surface area contributed by atoms with Gasteiger partial charge in [0.15, 0.2) is 6.29 Å². The van der Waals surface area contributed by atoms with E-state index in [0.717, 1.165) is 22.8 Å². The summed E-state index contributed by atoms with van der Waals surface area (Å²) in [6.07, 6.45) is 7.25. The summed E-state index contributed by atoms with van der Waals surface area (Å²) in [7, 11) is 0. The zero-order valence-corrected chi connectivity index (χ0v) is 13.4. The van der Waals surface area contributed by atoms with Crippen molar-refractivity contribution in [3.05, 3.63) is 71.6 Å². The average molecular weight is 335 g/mol. The lowest BCUT2D eigenvalue weighted by Gasteiger charge is -2.05. The number of fused-ring (bicyclic) bond motifs is 1. The number of alkyl carbamates (subject to hydrolysis) is 1. The third-order valence-electron chi connectivity index (χ3n) is 3.60. The first-order valence-corrected chi connectivity index (χ1v) is 7.79. The Labute approximate surface area is 144 Å². The summed E-state index contributed by atoms with van der Waals surface area (Å²) in [4.78, 5) is 29.8. The number of hydrogen-bond acceptors (Lipinski definition) is 4. The fourth-order valence-electron chi connectivity index (χ4n) is 2.34. The quantitative estimate of drug-likeness (QED) is 0.677. The van der Waals surface area contributed by atoms with E-state index in [1.165, 1.54) is 0 Å². The molecule has 0 saturated heterocycles. The van der Waals surface area contributed by atoms with Crippen LogP contribution in [0.2, 0.25) is 0 Å². The number of aromatic nitrogens is 2. The lowest BCUT2D eigenvalue weighted by Crippen LogP contribution is -2.24. The van der Waals surface area contributed by atoms with Crippen molar-refractivity contribution in [2.45, 2.75) is 6.61 Å². The standard InChI is InChI=1S/C19H17N3O3/c23-12-16-11-22-18-17(16)9-15(10-21-18)7-4-8-20-19(24)25-13-14-5-2-1-3-6-14/h1-7,9-12H,8,13H2,(H,20,24)(H,21,22). The highest BCUT2D eigenvalue weighted by Crippen LogP contribution is 2.16. The molecule has 2 heterocycles. The van der Waals surface area contributed by atoms with E-state index in [1.54, 1.807) is 18.5 Å². The molecule has 6 heteroatoms. The van der Waals surface area contributed by atoms with Gasteiger partial charge in [-0.05, 0) is 17.2 Å². The first kappa shape index (κ1) is 16.4. The van der Waals surface area contributed by atoms with Crippen LogP contribution in [0.25, 0.3) is 17.1 Å². The Hall–Kier alpha value is -3.41. The molecule has 2 N–H and O–H groups in total. The Morgan fingerprint density at radius 3 is 2.92 bits per heavy atom. The number of ether oxygens (including phenoxy) is 1. The summed E-state index contributed by atoms with van der Waals surface area (Å²) in [5.41, 5.74) is 3.02. The van der Waals surface area contributed by atoms with Crippen LogP contribution in [0.15, 0.2) is 54.9 Å². The molecule has 1 amide bonds. The summed E-state index contributed by atoms with van der Waals surface area (Å²) >= 11 is 0. The first-order chi connectivity index (χ1) is 12.3. The van der Waals surface area contributed by atoms with Gasteiger partial charge in [0, 0.05) is 29.9 Å². The molecule has 25 heavy (non-hydrogen) atoms. The molecular weight excluding hydrogens is 318 g/mol. The van der Waals surface area contributed by atoms with Crippen LogP contribution in [-0.4, -0.2) is 28.9 Å². The lowest BCUT2D eigenvalue weighted by atomic mass is 10.2. The summed E-state index contributed by atoms with van der Waals surface area (Å²) in [6.45, 7) is 0.568. The molecule has 0 bridgehead atoms. The second-order valence-electron chi connectivity index (χ2n) is 5.37. The largest absolute Gasteiger partial charge is 0.445 e. The number of aldehydes is 1. The van der Waals surface area contributed by atoms with Crippen molar-refractivity contribution in [1.29, 1.82) is 0 Å². The molecule has 3 aromatic rings. The van der Waals surface area contributed by atoms with Gasteiger partial charge in [-0.3, -0.25) is 4.79 Å². The van der Waals surface area contributed by atoms with Crippen LogP contribution >= 0.6 is 0 Å². The van der Waals surface area contributed by atoms with Crippen LogP contribution in [0.3, 0.4) is 0 Å². The Bertz CT molecular complexity index is 901. The van der Waals surface area contributed by atoms with Crippen molar-refractivity contribution in [2.24, 2.45) is 0 Å². The highest BCUT2D eigenvalue weighted by atomic mass is 16.5. The molecule has 3 rings (SSSR count). The fourth-order valence-corrected chi connectivity index (χ4v) is 2.34. The molecule has 0 aliphatic rings. The maximum atomic E-state index is 11.6. The predicted molar refractivity (Wildman–Crippen MR) is 95.1 cm³/mol. The third kappa shape index (κ3) is 4.32. The SMILES string of the molecule is O=Cc1c[nH]c2ncc(C=CCNC(=O)OCc3ccccc3)cc12. The molecule has 0 saturated carbocycles. The molecule has 1 aromatic carbocycles. The number of hydrogen-bond donors (Lipinski definition) is 2. The minimum atomic E-state index is -0.476. The van der Waals surface area contributed by atoms with Crippen LogP contribution < -0.4 is 5.32 Å². The van der Waals surface area contributed by atoms with Crippen molar-refractivity contribution < 1.29 is 14.3 Å². The predicted octanol–water partition coefficient (Wildman–Crippen LogP) is 3.32. The molecule has 0 fully saturated rings. The first-order valence-electron chi connectivity index (χ1n) is 7.79. The maximum absolute atomic E-state index is 11.6. The summed E-state index contributed by atoms with van der Waals surface area (Å²) in [5.74, 6) is 0. The number of nitrogens with one attached hydrogen (secondary N) is 2. The van der Waals surface area contributed by atoms with Crippen molar-refractivity contribution in [2.75, 3.05) is 6.54 Å². The van der Waals surface area contributed by atoms with E-state index in [1.807, 2.05) is 42.5 Å². The Balaban J connectivity index is 1.49. The Morgan fingerprint density at radius 1 is 1.28 bits per heavy atom. The van der Waals surface area contributed by atoms with E-state index in [4.69, 9.17) is 4.74 Å². The van der Waals surface area contributed by atoms with Gasteiger partial charge in [0.1, 0.15) is 12.3 Å². The fraction of sp³-hybridized carbons (Fsp3) is 0.105. The molecule has 2 aromatic heterocycles. The molecule has 0 atom stereocenters. The lowest BCUT2D eigenvalue weighted by molar-refractivity contribution is 0.112. The summed E-state index contributed by atoms with van der Waals surface area (Å²) < 4.78 is 5.12. The number of carbonyl (C=O) groups excluding carboxylic acids is 2. The van der Waals surface area contributed by atoms with Gasteiger partial charge in [-0.25, -0.2) is 9.78 Å². The van der Waals surface area contributed by atoms with Crippen molar-refractivity contribution in [3.63, 3.8) is 0 Å². The average Bonchev–Trinajstić information content (AvgIpc) is 3.07. The monoisotopic (exact) mass is 335 g/mol. The topological polar surface area (TPSA) is 84.1 Å². The Kier molecular flexibility index (Phi) is 5.21. The molecular formula is C19H17N3O3. The van der Waals surface area contributed by atoms with Crippen LogP contribution in [0, 0.1) is 0 Å². The van der Waals surface area contributed by atoms with Crippen LogP contribution in [0.4, 0.5) is 4.79 Å². The number of H-pyrrole nitrogens is 1. The number of aromatic amines is 1. The zero-order valence-electron chi connectivity index (χ0n) is 13.4. The van der Waals surface area contributed by atoms with Crippen molar-refractivity contribution >= 4 is 29.5 Å². The normalized spacial score (nSPS) is 10.9. The molecule has 0 aliphatic heterocycles. The minimum Gasteiger partial charge on any atom is -0.445 e. The van der Waals surface area contributed by atoms with Crippen molar-refractivity contribution in [3.8, 4) is 0 Å². The van der Waals surface area contributed by atoms with Gasteiger partial charge in [-0.2, -0.15) is 0 Å². The second-order valence-corrected chi connectivity index (χ2v) is 5.37. The number of rotatable bonds is 6. The van der Waals surface area contributed by atoms with Gasteiger partial charge < -0.3 is 15.0 Å². The Morgan fingerprint density at radius 2 is 2.12 bits per heavy atom. The highest BCUT2D eigenvalue weighted by molar-refractivity contribution is 5.96. The molecule has 0 radical (unpaired) electrons. The van der Waals surface area contributed by atoms with E-state index in [0.29, 0.717) is 17.8 Å². The van der Waals surface area contributed by atoms with Gasteiger partial charge in [0.25, 0.3) is 0 Å². The second kappa shape index (κ2) is 7.92.